The van der Waals surface area contributed by atoms with Crippen molar-refractivity contribution < 1.29 is 66.8 Å². The molecular formula is C30H57NO14. The van der Waals surface area contributed by atoms with Gasteiger partial charge in [0.05, 0.1) is 145 Å². The molecule has 0 rings (SSSR count). The predicted octanol–water partition coefficient (Wildman–Crippen LogP) is 0.726. The highest BCUT2D eigenvalue weighted by Crippen LogP contribution is 1.90. The van der Waals surface area contributed by atoms with Crippen molar-refractivity contribution in [1.29, 1.82) is 0 Å². The Morgan fingerprint density at radius 2 is 0.756 bits per heavy atom. The van der Waals surface area contributed by atoms with E-state index in [9.17, 15) is 9.59 Å². The summed E-state index contributed by atoms with van der Waals surface area (Å²) < 4.78 is 59.5. The molecule has 1 amide bonds. The highest BCUT2D eigenvalue weighted by molar-refractivity contribution is 5.80. The van der Waals surface area contributed by atoms with Crippen LogP contribution in [-0.2, 0) is 61.7 Å². The van der Waals surface area contributed by atoms with E-state index in [-0.39, 0.29) is 18.7 Å². The van der Waals surface area contributed by atoms with Crippen LogP contribution in [0, 0.1) is 0 Å². The molecule has 0 saturated heterocycles. The van der Waals surface area contributed by atoms with Crippen LogP contribution in [0.5, 0.6) is 0 Å². The summed E-state index contributed by atoms with van der Waals surface area (Å²) in [6.45, 7) is 15.0. The number of carbonyl (C=O) groups excluding carboxylic acids is 1. The Kier molecular flexibility index (Phi) is 36.9. The number of hydrogen-bond donors (Lipinski definition) is 2. The first-order valence-corrected chi connectivity index (χ1v) is 15.6. The number of rotatable bonds is 39. The molecular weight excluding hydrogens is 598 g/mol. The summed E-state index contributed by atoms with van der Waals surface area (Å²) >= 11 is 0. The lowest BCUT2D eigenvalue weighted by Gasteiger charge is -2.09. The van der Waals surface area contributed by atoms with Gasteiger partial charge in [0.2, 0.25) is 5.91 Å². The minimum atomic E-state index is -0.983. The monoisotopic (exact) mass is 655 g/mol. The maximum atomic E-state index is 11.4. The standard InChI is InChI=1S/C30H57NO14/c1-2-7-35-9-11-37-13-15-39-17-19-41-21-23-43-25-27-45-28-26-44-24-22-42-20-18-40-16-14-38-12-10-36-8-3-6-31-29(32)4-5-30(33)34/h2H,1,3-28H2,(H,31,32)(H,33,34). The first-order chi connectivity index (χ1) is 22.2. The molecule has 266 valence electrons. The van der Waals surface area contributed by atoms with Crippen LogP contribution in [0.4, 0.5) is 0 Å². The van der Waals surface area contributed by atoms with Crippen LogP contribution in [-0.4, -0.2) is 169 Å². The minimum absolute atomic E-state index is 0.00983. The minimum Gasteiger partial charge on any atom is -0.481 e. The van der Waals surface area contributed by atoms with E-state index >= 15 is 0 Å². The molecule has 45 heavy (non-hydrogen) atoms. The molecule has 0 unspecified atom stereocenters. The van der Waals surface area contributed by atoms with E-state index in [2.05, 4.69) is 11.9 Å². The van der Waals surface area contributed by atoms with Gasteiger partial charge < -0.3 is 62.5 Å². The van der Waals surface area contributed by atoms with Crippen molar-refractivity contribution in [2.75, 3.05) is 152 Å². The third-order valence-electron chi connectivity index (χ3n) is 5.31. The van der Waals surface area contributed by atoms with Gasteiger partial charge in [0.1, 0.15) is 0 Å². The van der Waals surface area contributed by atoms with E-state index in [1.807, 2.05) is 0 Å². The quantitative estimate of drug-likeness (QED) is 0.0702. The lowest BCUT2D eigenvalue weighted by atomic mass is 10.3. The SMILES string of the molecule is C=CCOCCOCCOCCOCCOCCOCCOCCOCCOCCOCCOCCCNC(=O)CCC(=O)O. The van der Waals surface area contributed by atoms with Crippen LogP contribution in [0.2, 0.25) is 0 Å². The van der Waals surface area contributed by atoms with Gasteiger partial charge in [-0.3, -0.25) is 9.59 Å². The van der Waals surface area contributed by atoms with Crippen molar-refractivity contribution in [3.63, 3.8) is 0 Å². The molecule has 0 aliphatic rings. The fourth-order valence-corrected chi connectivity index (χ4v) is 3.08. The number of ether oxygens (including phenoxy) is 11. The molecule has 0 atom stereocenters. The van der Waals surface area contributed by atoms with Crippen molar-refractivity contribution in [2.24, 2.45) is 0 Å². The van der Waals surface area contributed by atoms with Crippen LogP contribution in [0.3, 0.4) is 0 Å². The molecule has 0 bridgehead atoms. The molecule has 0 aromatic heterocycles. The number of carbonyl (C=O) groups is 2. The third-order valence-corrected chi connectivity index (χ3v) is 5.31. The van der Waals surface area contributed by atoms with Crippen molar-refractivity contribution in [3.8, 4) is 0 Å². The van der Waals surface area contributed by atoms with Crippen LogP contribution < -0.4 is 5.32 Å². The number of carboxylic acids is 1. The van der Waals surface area contributed by atoms with Crippen molar-refractivity contribution in [3.05, 3.63) is 12.7 Å². The second kappa shape index (κ2) is 38.4. The summed E-state index contributed by atoms with van der Waals surface area (Å²) in [7, 11) is 0. The van der Waals surface area contributed by atoms with Gasteiger partial charge in [0, 0.05) is 19.6 Å². The average molecular weight is 656 g/mol. The van der Waals surface area contributed by atoms with Gasteiger partial charge in [0.15, 0.2) is 0 Å². The molecule has 0 heterocycles. The summed E-state index contributed by atoms with van der Waals surface area (Å²) in [5.74, 6) is -1.25. The normalized spacial score (nSPS) is 11.2. The maximum absolute atomic E-state index is 11.4. The number of hydrogen-bond acceptors (Lipinski definition) is 13. The van der Waals surface area contributed by atoms with Crippen LogP contribution in [0.25, 0.3) is 0 Å². The van der Waals surface area contributed by atoms with Gasteiger partial charge in [-0.25, -0.2) is 0 Å². The van der Waals surface area contributed by atoms with Gasteiger partial charge in [-0.2, -0.15) is 0 Å². The Hall–Kier alpha value is -1.76. The zero-order valence-electron chi connectivity index (χ0n) is 26.9. The van der Waals surface area contributed by atoms with Gasteiger partial charge in [0.25, 0.3) is 0 Å². The summed E-state index contributed by atoms with van der Waals surface area (Å²) in [5, 5.41) is 11.2. The van der Waals surface area contributed by atoms with Crippen molar-refractivity contribution in [1.82, 2.24) is 5.32 Å². The predicted molar refractivity (Wildman–Crippen MR) is 164 cm³/mol. The van der Waals surface area contributed by atoms with Gasteiger partial charge in [-0.05, 0) is 6.42 Å². The summed E-state index contributed by atoms with van der Waals surface area (Å²) in [6.07, 6.45) is 2.18. The largest absolute Gasteiger partial charge is 0.481 e. The Bertz CT molecular complexity index is 644. The van der Waals surface area contributed by atoms with Crippen LogP contribution in [0.15, 0.2) is 12.7 Å². The second-order valence-electron chi connectivity index (χ2n) is 9.08. The topological polar surface area (TPSA) is 168 Å². The molecule has 0 radical (unpaired) electrons. The molecule has 0 aromatic carbocycles. The summed E-state index contributed by atoms with van der Waals surface area (Å²) in [6, 6.07) is 0. The first-order valence-electron chi connectivity index (χ1n) is 15.6. The fraction of sp³-hybridized carbons (Fsp3) is 0.867. The molecule has 0 spiro atoms. The number of nitrogens with one attached hydrogen (secondary N) is 1. The molecule has 0 fully saturated rings. The van der Waals surface area contributed by atoms with Gasteiger partial charge >= 0.3 is 5.97 Å². The molecule has 2 N–H and O–H groups in total. The lowest BCUT2D eigenvalue weighted by Crippen LogP contribution is -2.25. The first kappa shape index (κ1) is 43.2. The van der Waals surface area contributed by atoms with Crippen molar-refractivity contribution >= 4 is 11.9 Å². The van der Waals surface area contributed by atoms with Crippen LogP contribution >= 0.6 is 0 Å². The zero-order chi connectivity index (χ0) is 32.7. The van der Waals surface area contributed by atoms with Gasteiger partial charge in [-0.15, -0.1) is 6.58 Å². The number of aliphatic carboxylic acids is 1. The summed E-state index contributed by atoms with van der Waals surface area (Å²) in [4.78, 5) is 21.7. The smallest absolute Gasteiger partial charge is 0.303 e. The average Bonchev–Trinajstić information content (AvgIpc) is 3.03. The van der Waals surface area contributed by atoms with E-state index in [0.29, 0.717) is 158 Å². The number of amides is 1. The van der Waals surface area contributed by atoms with Gasteiger partial charge in [-0.1, -0.05) is 6.08 Å². The Labute approximate surface area is 268 Å². The Morgan fingerprint density at radius 3 is 1.04 bits per heavy atom. The fourth-order valence-electron chi connectivity index (χ4n) is 3.08. The highest BCUT2D eigenvalue weighted by atomic mass is 16.6. The molecule has 15 heteroatoms. The van der Waals surface area contributed by atoms with E-state index in [1.54, 1.807) is 6.08 Å². The second-order valence-corrected chi connectivity index (χ2v) is 9.08. The molecule has 0 saturated carbocycles. The third kappa shape index (κ3) is 40.2. The summed E-state index contributed by atoms with van der Waals surface area (Å²) in [5.41, 5.74) is 0. The van der Waals surface area contributed by atoms with E-state index in [1.165, 1.54) is 0 Å². The van der Waals surface area contributed by atoms with Crippen molar-refractivity contribution in [2.45, 2.75) is 19.3 Å². The van der Waals surface area contributed by atoms with Crippen LogP contribution in [0.1, 0.15) is 19.3 Å². The Balaban J connectivity index is 3.08. The molecule has 0 aliphatic heterocycles. The molecule has 0 aromatic rings. The van der Waals surface area contributed by atoms with E-state index in [0.717, 1.165) is 0 Å². The Morgan fingerprint density at radius 1 is 0.467 bits per heavy atom. The molecule has 0 aliphatic carbocycles. The molecule has 15 nitrogen and oxygen atoms in total. The number of carboxylic acid groups (broad SMARTS) is 1. The lowest BCUT2D eigenvalue weighted by molar-refractivity contribution is -0.138. The van der Waals surface area contributed by atoms with E-state index in [4.69, 9.17) is 57.2 Å². The highest BCUT2D eigenvalue weighted by Gasteiger charge is 2.04. The van der Waals surface area contributed by atoms with E-state index < -0.39 is 5.97 Å². The zero-order valence-corrected chi connectivity index (χ0v) is 26.9. The maximum Gasteiger partial charge on any atom is 0.303 e.